The quantitative estimate of drug-likeness (QED) is 0.680. The minimum absolute atomic E-state index is 0.0927. The molecular weight excluding hydrogens is 358 g/mol. The molecule has 7 nitrogen and oxygen atoms in total. The number of methoxy groups -OCH3 is 2. The molecule has 1 N–H and O–H groups in total. The van der Waals surface area contributed by atoms with Crippen molar-refractivity contribution in [2.24, 2.45) is 0 Å². The van der Waals surface area contributed by atoms with Crippen molar-refractivity contribution in [3.63, 3.8) is 0 Å². The van der Waals surface area contributed by atoms with Gasteiger partial charge in [0.2, 0.25) is 5.91 Å². The van der Waals surface area contributed by atoms with Crippen LogP contribution in [-0.2, 0) is 17.8 Å². The highest BCUT2D eigenvalue weighted by Gasteiger charge is 2.17. The standard InChI is InChI=1S/C21H23N3O4/c1-4-24(13-19-22-17-8-6-5-7-16(17)21(26)23-19)20(25)12-14-11-15(27-2)9-10-18(14)28-3/h5-11H,4,12-13H2,1-3H3,(H,22,23,26). The zero-order valence-electron chi connectivity index (χ0n) is 16.2. The number of likely N-dealkylation sites (N-methyl/N-ethyl adjacent to an activating group) is 1. The molecule has 0 unspecified atom stereocenters. The summed E-state index contributed by atoms with van der Waals surface area (Å²) in [6.07, 6.45) is 0.159. The Bertz CT molecular complexity index is 1050. The Morgan fingerprint density at radius 3 is 2.64 bits per heavy atom. The molecule has 3 aromatic rings. The van der Waals surface area contributed by atoms with Crippen molar-refractivity contribution in [3.05, 3.63) is 64.2 Å². The molecule has 1 amide bonds. The molecule has 28 heavy (non-hydrogen) atoms. The second kappa shape index (κ2) is 8.56. The van der Waals surface area contributed by atoms with E-state index in [1.165, 1.54) is 0 Å². The monoisotopic (exact) mass is 381 g/mol. The highest BCUT2D eigenvalue weighted by molar-refractivity contribution is 5.80. The fourth-order valence-electron chi connectivity index (χ4n) is 3.06. The van der Waals surface area contributed by atoms with Crippen molar-refractivity contribution in [1.29, 1.82) is 0 Å². The molecule has 0 aliphatic carbocycles. The molecule has 1 aromatic heterocycles. The third kappa shape index (κ3) is 4.14. The van der Waals surface area contributed by atoms with Crippen LogP contribution in [0, 0.1) is 0 Å². The Balaban J connectivity index is 1.82. The number of nitrogens with one attached hydrogen (secondary N) is 1. The first-order valence-electron chi connectivity index (χ1n) is 9.02. The number of aromatic nitrogens is 2. The zero-order valence-corrected chi connectivity index (χ0v) is 16.2. The van der Waals surface area contributed by atoms with Crippen LogP contribution in [0.25, 0.3) is 10.9 Å². The molecular formula is C21H23N3O4. The molecule has 0 radical (unpaired) electrons. The number of aromatic amines is 1. The molecule has 0 saturated carbocycles. The average Bonchev–Trinajstić information content (AvgIpc) is 2.71. The number of carbonyl (C=O) groups excluding carboxylic acids is 1. The summed E-state index contributed by atoms with van der Waals surface area (Å²) >= 11 is 0. The molecule has 2 aromatic carbocycles. The number of para-hydroxylation sites is 1. The topological polar surface area (TPSA) is 84.5 Å². The second-order valence-electron chi connectivity index (χ2n) is 6.29. The lowest BCUT2D eigenvalue weighted by atomic mass is 10.1. The van der Waals surface area contributed by atoms with Crippen molar-refractivity contribution < 1.29 is 14.3 Å². The number of ether oxygens (including phenoxy) is 2. The first-order valence-corrected chi connectivity index (χ1v) is 9.02. The van der Waals surface area contributed by atoms with Crippen LogP contribution in [0.2, 0.25) is 0 Å². The number of H-pyrrole nitrogens is 1. The average molecular weight is 381 g/mol. The number of benzene rings is 2. The first kappa shape index (κ1) is 19.4. The van der Waals surface area contributed by atoms with Crippen molar-refractivity contribution in [2.75, 3.05) is 20.8 Å². The molecule has 146 valence electrons. The highest BCUT2D eigenvalue weighted by atomic mass is 16.5. The molecule has 1 heterocycles. The fraction of sp³-hybridized carbons (Fsp3) is 0.286. The number of nitrogens with zero attached hydrogens (tertiary/aromatic N) is 2. The Kier molecular flexibility index (Phi) is 5.93. The van der Waals surface area contributed by atoms with Gasteiger partial charge < -0.3 is 19.4 Å². The summed E-state index contributed by atoms with van der Waals surface area (Å²) in [4.78, 5) is 34.0. The Hall–Kier alpha value is -3.35. The summed E-state index contributed by atoms with van der Waals surface area (Å²) in [7, 11) is 3.14. The predicted molar refractivity (Wildman–Crippen MR) is 107 cm³/mol. The van der Waals surface area contributed by atoms with Crippen LogP contribution >= 0.6 is 0 Å². The summed E-state index contributed by atoms with van der Waals surface area (Å²) in [5.41, 5.74) is 1.14. The minimum atomic E-state index is -0.210. The van der Waals surface area contributed by atoms with Gasteiger partial charge in [0, 0.05) is 12.1 Å². The van der Waals surface area contributed by atoms with Crippen LogP contribution in [0.3, 0.4) is 0 Å². The van der Waals surface area contributed by atoms with Crippen molar-refractivity contribution >= 4 is 16.8 Å². The van der Waals surface area contributed by atoms with E-state index in [0.717, 1.165) is 5.56 Å². The van der Waals surface area contributed by atoms with Crippen LogP contribution in [0.5, 0.6) is 11.5 Å². The molecule has 0 fully saturated rings. The van der Waals surface area contributed by atoms with Gasteiger partial charge in [-0.25, -0.2) is 4.98 Å². The number of amides is 1. The number of carbonyl (C=O) groups is 1. The lowest BCUT2D eigenvalue weighted by molar-refractivity contribution is -0.131. The normalized spacial score (nSPS) is 10.7. The van der Waals surface area contributed by atoms with E-state index < -0.39 is 0 Å². The van der Waals surface area contributed by atoms with Gasteiger partial charge in [-0.1, -0.05) is 12.1 Å². The number of hydrogen-bond acceptors (Lipinski definition) is 5. The Labute approximate surface area is 162 Å². The predicted octanol–water partition coefficient (Wildman–Crippen LogP) is 2.53. The summed E-state index contributed by atoms with van der Waals surface area (Å²) < 4.78 is 10.6. The third-order valence-electron chi connectivity index (χ3n) is 4.57. The SMILES string of the molecule is CCN(Cc1nc2ccccc2c(=O)[nH]1)C(=O)Cc1cc(OC)ccc1OC. The van der Waals surface area contributed by atoms with Crippen LogP contribution < -0.4 is 15.0 Å². The van der Waals surface area contributed by atoms with Crippen molar-refractivity contribution in [3.8, 4) is 11.5 Å². The van der Waals surface area contributed by atoms with E-state index in [9.17, 15) is 9.59 Å². The van der Waals surface area contributed by atoms with E-state index in [2.05, 4.69) is 9.97 Å². The molecule has 0 aliphatic heterocycles. The number of hydrogen-bond donors (Lipinski definition) is 1. The Morgan fingerprint density at radius 1 is 1.14 bits per heavy atom. The molecule has 0 saturated heterocycles. The summed E-state index contributed by atoms with van der Waals surface area (Å²) in [6.45, 7) is 2.60. The van der Waals surface area contributed by atoms with E-state index in [1.54, 1.807) is 55.5 Å². The molecule has 3 rings (SSSR count). The summed E-state index contributed by atoms with van der Waals surface area (Å²) in [5, 5.41) is 0.529. The maximum Gasteiger partial charge on any atom is 0.258 e. The van der Waals surface area contributed by atoms with Gasteiger partial charge >= 0.3 is 0 Å². The summed E-state index contributed by atoms with van der Waals surface area (Å²) in [6, 6.07) is 12.5. The van der Waals surface area contributed by atoms with Crippen LogP contribution in [-0.4, -0.2) is 41.5 Å². The van der Waals surface area contributed by atoms with E-state index >= 15 is 0 Å². The first-order chi connectivity index (χ1) is 13.5. The van der Waals surface area contributed by atoms with Gasteiger partial charge in [-0.3, -0.25) is 9.59 Å². The number of fused-ring (bicyclic) bond motifs is 1. The number of rotatable bonds is 7. The molecule has 0 spiro atoms. The van der Waals surface area contributed by atoms with E-state index in [4.69, 9.17) is 9.47 Å². The van der Waals surface area contributed by atoms with Gasteiger partial charge in [-0.2, -0.15) is 0 Å². The van der Waals surface area contributed by atoms with Crippen LogP contribution in [0.1, 0.15) is 18.3 Å². The molecule has 0 bridgehead atoms. The van der Waals surface area contributed by atoms with Gasteiger partial charge in [-0.05, 0) is 37.3 Å². The fourth-order valence-corrected chi connectivity index (χ4v) is 3.06. The summed E-state index contributed by atoms with van der Waals surface area (Å²) in [5.74, 6) is 1.65. The largest absolute Gasteiger partial charge is 0.497 e. The van der Waals surface area contributed by atoms with Gasteiger partial charge in [0.25, 0.3) is 5.56 Å². The highest BCUT2D eigenvalue weighted by Crippen LogP contribution is 2.25. The zero-order chi connectivity index (χ0) is 20.1. The lowest BCUT2D eigenvalue weighted by Gasteiger charge is -2.21. The van der Waals surface area contributed by atoms with Crippen LogP contribution in [0.4, 0.5) is 0 Å². The van der Waals surface area contributed by atoms with Crippen molar-refractivity contribution in [1.82, 2.24) is 14.9 Å². The molecule has 0 atom stereocenters. The van der Waals surface area contributed by atoms with E-state index in [0.29, 0.717) is 34.8 Å². The van der Waals surface area contributed by atoms with Gasteiger partial charge in [0.15, 0.2) is 0 Å². The van der Waals surface area contributed by atoms with Crippen LogP contribution in [0.15, 0.2) is 47.3 Å². The van der Waals surface area contributed by atoms with Gasteiger partial charge in [-0.15, -0.1) is 0 Å². The smallest absolute Gasteiger partial charge is 0.258 e. The maximum atomic E-state index is 12.9. The Morgan fingerprint density at radius 2 is 1.93 bits per heavy atom. The van der Waals surface area contributed by atoms with E-state index in [-0.39, 0.29) is 24.4 Å². The van der Waals surface area contributed by atoms with E-state index in [1.807, 2.05) is 13.0 Å². The lowest BCUT2D eigenvalue weighted by Crippen LogP contribution is -2.33. The third-order valence-corrected chi connectivity index (χ3v) is 4.57. The second-order valence-corrected chi connectivity index (χ2v) is 6.29. The van der Waals surface area contributed by atoms with Gasteiger partial charge in [0.1, 0.15) is 17.3 Å². The maximum absolute atomic E-state index is 12.9. The molecule has 7 heteroatoms. The minimum Gasteiger partial charge on any atom is -0.497 e. The van der Waals surface area contributed by atoms with Crippen molar-refractivity contribution in [2.45, 2.75) is 19.9 Å². The van der Waals surface area contributed by atoms with Gasteiger partial charge in [0.05, 0.1) is 38.1 Å². The molecule has 0 aliphatic rings.